The number of carboxylic acids is 1. The number of piperidine rings is 2. The summed E-state index contributed by atoms with van der Waals surface area (Å²) in [5.41, 5.74) is 7.89. The molecule has 278 valence electrons. The van der Waals surface area contributed by atoms with Crippen LogP contribution in [0.5, 0.6) is 11.5 Å². The number of hydrogen-bond donors (Lipinski definition) is 1. The molecule has 5 aromatic rings. The second kappa shape index (κ2) is 15.4. The maximum absolute atomic E-state index is 12.1. The van der Waals surface area contributed by atoms with Gasteiger partial charge in [0.15, 0.2) is 11.5 Å². The minimum atomic E-state index is -0.829. The Balaban J connectivity index is 1.02. The topological polar surface area (TPSA) is 125 Å². The van der Waals surface area contributed by atoms with E-state index in [-0.39, 0.29) is 13.2 Å². The highest BCUT2D eigenvalue weighted by Gasteiger charge is 2.40. The predicted octanol–water partition coefficient (Wildman–Crippen LogP) is 8.66. The van der Waals surface area contributed by atoms with E-state index in [2.05, 4.69) is 54.2 Å². The summed E-state index contributed by atoms with van der Waals surface area (Å²) in [6, 6.07) is 20.6. The van der Waals surface area contributed by atoms with E-state index in [0.717, 1.165) is 76.1 Å². The van der Waals surface area contributed by atoms with Gasteiger partial charge in [-0.25, -0.2) is 4.98 Å². The first kappa shape index (κ1) is 36.0. The number of nitriles is 1. The lowest BCUT2D eigenvalue weighted by Gasteiger charge is -2.34. The van der Waals surface area contributed by atoms with Crippen LogP contribution in [0.25, 0.3) is 22.2 Å². The lowest BCUT2D eigenvalue weighted by atomic mass is 9.91. The maximum Gasteiger partial charge on any atom is 0.320 e. The average molecular weight is 746 g/mol. The number of carbonyl (C=O) groups is 1. The molecule has 1 N–H and O–H groups in total. The van der Waals surface area contributed by atoms with E-state index in [1.165, 1.54) is 19.0 Å². The van der Waals surface area contributed by atoms with Gasteiger partial charge in [0.2, 0.25) is 0 Å². The summed E-state index contributed by atoms with van der Waals surface area (Å²) in [6.07, 6.45) is 10.3. The van der Waals surface area contributed by atoms with Gasteiger partial charge in [-0.2, -0.15) is 5.26 Å². The third-order valence-corrected chi connectivity index (χ3v) is 12.0. The fraction of sp³-hybridized carbons (Fsp3) is 0.395. The number of benzene rings is 3. The average Bonchev–Trinajstić information content (AvgIpc) is 3.68. The van der Waals surface area contributed by atoms with Gasteiger partial charge in [-0.05, 0) is 106 Å². The molecule has 10 nitrogen and oxygen atoms in total. The molecule has 3 aliphatic heterocycles. The molecular weight excluding hydrogens is 702 g/mol. The molecule has 0 saturated carbocycles. The first-order valence-electron chi connectivity index (χ1n) is 18.8. The van der Waals surface area contributed by atoms with Crippen molar-refractivity contribution in [1.82, 2.24) is 19.8 Å². The van der Waals surface area contributed by atoms with E-state index in [0.29, 0.717) is 59.6 Å². The number of pyridine rings is 1. The number of fused-ring (bicyclic) bond motifs is 3. The molecule has 8 rings (SSSR count). The summed E-state index contributed by atoms with van der Waals surface area (Å²) < 4.78 is 19.0. The van der Waals surface area contributed by atoms with Crippen LogP contribution in [-0.4, -0.2) is 62.6 Å². The third kappa shape index (κ3) is 7.41. The van der Waals surface area contributed by atoms with Crippen molar-refractivity contribution in [3.8, 4) is 28.7 Å². The summed E-state index contributed by atoms with van der Waals surface area (Å²) >= 11 is 6.87. The molecule has 0 spiro atoms. The zero-order valence-electron chi connectivity index (χ0n) is 30.6. The van der Waals surface area contributed by atoms with E-state index >= 15 is 0 Å². The summed E-state index contributed by atoms with van der Waals surface area (Å²) in [7, 11) is 2.25. The van der Waals surface area contributed by atoms with E-state index in [1.807, 2.05) is 23.1 Å². The van der Waals surface area contributed by atoms with Crippen LogP contribution in [0.3, 0.4) is 0 Å². The van der Waals surface area contributed by atoms with Crippen LogP contribution >= 0.6 is 11.6 Å². The smallest absolute Gasteiger partial charge is 0.320 e. The third-order valence-electron chi connectivity index (χ3n) is 11.7. The SMILES string of the molecule is Cc1c(COc2cc(OCc3cncc(C#N)c3)c(CN3CCCCC3C(=O)O)cc2Cl)cccc1-c1ccc2oc(C3CC4CCC(C3)N4C)nc2c1. The van der Waals surface area contributed by atoms with Gasteiger partial charge in [-0.3, -0.25) is 14.7 Å². The molecule has 3 saturated heterocycles. The minimum Gasteiger partial charge on any atom is -0.488 e. The fourth-order valence-electron chi connectivity index (χ4n) is 8.62. The molecule has 3 aliphatic rings. The van der Waals surface area contributed by atoms with Gasteiger partial charge < -0.3 is 23.9 Å². The number of carboxylic acid groups (broad SMARTS) is 1. The van der Waals surface area contributed by atoms with Crippen LogP contribution < -0.4 is 9.47 Å². The highest BCUT2D eigenvalue weighted by atomic mass is 35.5. The van der Waals surface area contributed by atoms with Gasteiger partial charge in [-0.15, -0.1) is 0 Å². The monoisotopic (exact) mass is 745 g/mol. The first-order chi connectivity index (χ1) is 26.2. The second-order valence-electron chi connectivity index (χ2n) is 15.0. The molecule has 3 atom stereocenters. The first-order valence-corrected chi connectivity index (χ1v) is 19.2. The Morgan fingerprint density at radius 3 is 2.61 bits per heavy atom. The molecule has 3 aromatic carbocycles. The number of aromatic nitrogens is 2. The van der Waals surface area contributed by atoms with Gasteiger partial charge >= 0.3 is 5.97 Å². The molecule has 0 aliphatic carbocycles. The number of aliphatic carboxylic acids is 1. The van der Waals surface area contributed by atoms with Crippen molar-refractivity contribution in [3.63, 3.8) is 0 Å². The van der Waals surface area contributed by atoms with Gasteiger partial charge in [0.1, 0.15) is 42.3 Å². The highest BCUT2D eigenvalue weighted by molar-refractivity contribution is 6.32. The number of halogens is 1. The van der Waals surface area contributed by atoms with Crippen molar-refractivity contribution in [2.45, 2.75) is 95.7 Å². The van der Waals surface area contributed by atoms with Crippen LogP contribution in [0.15, 0.2) is 71.4 Å². The Kier molecular flexibility index (Phi) is 10.3. The molecule has 54 heavy (non-hydrogen) atoms. The zero-order valence-corrected chi connectivity index (χ0v) is 31.4. The van der Waals surface area contributed by atoms with Gasteiger partial charge in [-0.1, -0.05) is 42.3 Å². The molecule has 2 bridgehead atoms. The predicted molar refractivity (Wildman–Crippen MR) is 205 cm³/mol. The van der Waals surface area contributed by atoms with E-state index in [4.69, 9.17) is 30.5 Å². The minimum absolute atomic E-state index is 0.163. The summed E-state index contributed by atoms with van der Waals surface area (Å²) in [5.74, 6) is 1.38. The number of ether oxygens (including phenoxy) is 2. The molecule has 5 heterocycles. The van der Waals surface area contributed by atoms with Gasteiger partial charge in [0.05, 0.1) is 10.6 Å². The largest absolute Gasteiger partial charge is 0.488 e. The Labute approximate surface area is 320 Å². The molecule has 0 amide bonds. The van der Waals surface area contributed by atoms with E-state index < -0.39 is 12.0 Å². The number of oxazole rings is 1. The normalized spacial score (nSPS) is 21.6. The van der Waals surface area contributed by atoms with Crippen LogP contribution in [0.1, 0.15) is 84.6 Å². The van der Waals surface area contributed by atoms with Crippen molar-refractivity contribution in [1.29, 1.82) is 5.26 Å². The van der Waals surface area contributed by atoms with Gasteiger partial charge in [0.25, 0.3) is 0 Å². The van der Waals surface area contributed by atoms with Crippen LogP contribution in [0, 0.1) is 18.3 Å². The Morgan fingerprint density at radius 2 is 1.81 bits per heavy atom. The molecule has 0 radical (unpaired) electrons. The highest BCUT2D eigenvalue weighted by Crippen LogP contribution is 2.43. The number of rotatable bonds is 11. The lowest BCUT2D eigenvalue weighted by Crippen LogP contribution is -2.44. The van der Waals surface area contributed by atoms with Crippen LogP contribution in [-0.2, 0) is 24.6 Å². The molecule has 2 aromatic heterocycles. The number of hydrogen-bond acceptors (Lipinski definition) is 9. The summed E-state index contributed by atoms with van der Waals surface area (Å²) in [5, 5.41) is 19.7. The standard InChI is InChI=1S/C43H44ClN5O5/c1-26-30(6-5-7-35(26)29-9-12-39-37(18-29)47-42(54-39)31-15-33-10-11-34(16-31)48(33)2)25-53-41-19-40(52-24-28-14-27(20-45)21-46-22-28)32(17-36(41)44)23-49-13-4-3-8-38(49)43(50)51/h5-7,9,12,14,17-19,21-22,31,33-34,38H,3-4,8,10-11,13,15-16,23-25H2,1-2H3,(H,50,51). The van der Waals surface area contributed by atoms with Crippen molar-refractivity contribution in [3.05, 3.63) is 106 Å². The Bertz CT molecular complexity index is 2220. The fourth-order valence-corrected chi connectivity index (χ4v) is 8.86. The molecule has 11 heteroatoms. The van der Waals surface area contributed by atoms with Crippen LogP contribution in [0.2, 0.25) is 5.02 Å². The lowest BCUT2D eigenvalue weighted by molar-refractivity contribution is -0.144. The zero-order chi connectivity index (χ0) is 37.3. The van der Waals surface area contributed by atoms with Crippen molar-refractivity contribution in [2.75, 3.05) is 13.6 Å². The second-order valence-corrected chi connectivity index (χ2v) is 15.4. The maximum atomic E-state index is 12.1. The van der Waals surface area contributed by atoms with Crippen molar-refractivity contribution in [2.24, 2.45) is 0 Å². The molecule has 3 fully saturated rings. The van der Waals surface area contributed by atoms with Crippen molar-refractivity contribution < 1.29 is 23.8 Å². The van der Waals surface area contributed by atoms with Gasteiger partial charge in [0, 0.05) is 54.1 Å². The molecule has 3 unspecified atom stereocenters. The van der Waals surface area contributed by atoms with Crippen LogP contribution in [0.4, 0.5) is 0 Å². The molecular formula is C43H44ClN5O5. The Hall–Kier alpha value is -4.95. The van der Waals surface area contributed by atoms with E-state index in [9.17, 15) is 15.2 Å². The summed E-state index contributed by atoms with van der Waals surface area (Å²) in [4.78, 5) is 25.7. The van der Waals surface area contributed by atoms with Crippen molar-refractivity contribution >= 4 is 28.7 Å². The summed E-state index contributed by atoms with van der Waals surface area (Å²) in [6.45, 7) is 3.56. The Morgan fingerprint density at radius 1 is 1.00 bits per heavy atom. The number of nitrogens with zero attached hydrogens (tertiary/aromatic N) is 5. The number of likely N-dealkylation sites (tertiary alicyclic amines) is 1. The quantitative estimate of drug-likeness (QED) is 0.140. The van der Waals surface area contributed by atoms with E-state index in [1.54, 1.807) is 18.3 Å².